The molecule has 1 amide bonds. The van der Waals surface area contributed by atoms with E-state index in [4.69, 9.17) is 26.3 Å². The van der Waals surface area contributed by atoms with Gasteiger partial charge in [-0.3, -0.25) is 4.79 Å². The first-order valence-corrected chi connectivity index (χ1v) is 13.6. The summed E-state index contributed by atoms with van der Waals surface area (Å²) in [5.74, 6) is 0.672. The Balaban J connectivity index is 1.41. The van der Waals surface area contributed by atoms with Crippen LogP contribution in [0.15, 0.2) is 49.1 Å². The first kappa shape index (κ1) is 26.3. The molecule has 0 aliphatic carbocycles. The highest BCUT2D eigenvalue weighted by Crippen LogP contribution is 2.36. The fourth-order valence-electron chi connectivity index (χ4n) is 5.33. The molecule has 0 spiro atoms. The fourth-order valence-corrected chi connectivity index (χ4v) is 5.61. The van der Waals surface area contributed by atoms with E-state index in [-0.39, 0.29) is 5.91 Å². The maximum Gasteiger partial charge on any atom is 0.318 e. The van der Waals surface area contributed by atoms with E-state index >= 15 is 0 Å². The lowest BCUT2D eigenvalue weighted by atomic mass is 10.0. The monoisotopic (exact) mass is 534 g/mol. The molecule has 0 saturated carbocycles. The Labute approximate surface area is 229 Å². The zero-order chi connectivity index (χ0) is 26.6. The van der Waals surface area contributed by atoms with E-state index in [1.165, 1.54) is 12.5 Å². The van der Waals surface area contributed by atoms with Crippen molar-refractivity contribution in [2.75, 3.05) is 57.1 Å². The number of likely N-dealkylation sites (N-methyl/N-ethyl adjacent to an activating group) is 2. The molecule has 0 unspecified atom stereocenters. The van der Waals surface area contributed by atoms with Crippen LogP contribution in [0.4, 0.5) is 11.5 Å². The number of amides is 1. The van der Waals surface area contributed by atoms with Gasteiger partial charge in [0.15, 0.2) is 0 Å². The van der Waals surface area contributed by atoms with Gasteiger partial charge in [0.05, 0.1) is 17.3 Å². The number of halogens is 1. The predicted molar refractivity (Wildman–Crippen MR) is 153 cm³/mol. The number of hydrogen-bond acceptors (Lipinski definition) is 7. The zero-order valence-corrected chi connectivity index (χ0v) is 22.9. The van der Waals surface area contributed by atoms with E-state index in [0.29, 0.717) is 38.3 Å². The summed E-state index contributed by atoms with van der Waals surface area (Å²) >= 11 is 6.64. The topological polar surface area (TPSA) is 73.8 Å². The van der Waals surface area contributed by atoms with E-state index in [1.807, 2.05) is 12.1 Å². The Morgan fingerprint density at radius 1 is 1.26 bits per heavy atom. The highest BCUT2D eigenvalue weighted by molar-refractivity contribution is 6.36. The Morgan fingerprint density at radius 3 is 2.84 bits per heavy atom. The second-order valence-electron chi connectivity index (χ2n) is 10.0. The summed E-state index contributed by atoms with van der Waals surface area (Å²) in [5, 5.41) is 6.37. The molecular formula is C29H35ClN6O2. The lowest BCUT2D eigenvalue weighted by molar-refractivity contribution is -0.124. The Kier molecular flexibility index (Phi) is 8.00. The van der Waals surface area contributed by atoms with E-state index in [1.54, 1.807) is 11.9 Å². The minimum atomic E-state index is -0.106. The van der Waals surface area contributed by atoms with E-state index < -0.39 is 0 Å². The molecule has 1 fully saturated rings. The summed E-state index contributed by atoms with van der Waals surface area (Å²) in [5.41, 5.74) is 3.14. The number of carbonyl (C=O) groups excluding carboxylic acids is 1. The van der Waals surface area contributed by atoms with Crippen LogP contribution in [0.2, 0.25) is 5.02 Å². The van der Waals surface area contributed by atoms with Gasteiger partial charge in [0, 0.05) is 49.4 Å². The van der Waals surface area contributed by atoms with Crippen molar-refractivity contribution < 1.29 is 9.53 Å². The first-order chi connectivity index (χ1) is 18.4. The number of fused-ring (bicyclic) bond motifs is 2. The number of aromatic nitrogens is 2. The van der Waals surface area contributed by atoms with Gasteiger partial charge in [0.1, 0.15) is 12.4 Å². The van der Waals surface area contributed by atoms with Crippen molar-refractivity contribution in [2.45, 2.75) is 31.8 Å². The van der Waals surface area contributed by atoms with Crippen LogP contribution in [0.25, 0.3) is 10.8 Å². The van der Waals surface area contributed by atoms with E-state index in [9.17, 15) is 4.79 Å². The Bertz CT molecular complexity index is 1330. The van der Waals surface area contributed by atoms with Crippen LogP contribution in [0.5, 0.6) is 6.01 Å². The normalized spacial score (nSPS) is 17.3. The Morgan fingerprint density at radius 2 is 2.08 bits per heavy atom. The SMILES string of the molecule is C=CC(=O)N(C)CCNc1nc(OC[C@@H]2CCCN2C)nc2c1CCN(c1cccc3cccc(Cl)c13)C2. The van der Waals surface area contributed by atoms with Crippen molar-refractivity contribution in [2.24, 2.45) is 0 Å². The molecule has 200 valence electrons. The molecular weight excluding hydrogens is 500 g/mol. The van der Waals surface area contributed by atoms with Crippen LogP contribution in [0.3, 0.4) is 0 Å². The maximum atomic E-state index is 11.9. The second-order valence-corrected chi connectivity index (χ2v) is 10.5. The summed E-state index contributed by atoms with van der Waals surface area (Å²) in [7, 11) is 3.90. The van der Waals surface area contributed by atoms with Crippen LogP contribution in [-0.2, 0) is 17.8 Å². The van der Waals surface area contributed by atoms with Gasteiger partial charge in [-0.2, -0.15) is 9.97 Å². The molecule has 1 saturated heterocycles. The lowest BCUT2D eigenvalue weighted by Gasteiger charge is -2.32. The fraction of sp³-hybridized carbons (Fsp3) is 0.414. The molecule has 0 radical (unpaired) electrons. The number of nitrogens with one attached hydrogen (secondary N) is 1. The largest absolute Gasteiger partial charge is 0.462 e. The van der Waals surface area contributed by atoms with E-state index in [2.05, 4.69) is 53.0 Å². The lowest BCUT2D eigenvalue weighted by Crippen LogP contribution is -2.34. The van der Waals surface area contributed by atoms with Crippen LogP contribution in [-0.4, -0.2) is 78.6 Å². The molecule has 2 aliphatic rings. The molecule has 2 aromatic carbocycles. The van der Waals surface area contributed by atoms with Crippen molar-refractivity contribution in [1.82, 2.24) is 19.8 Å². The molecule has 1 N–H and O–H groups in total. The summed E-state index contributed by atoms with van der Waals surface area (Å²) in [4.78, 5) is 27.8. The molecule has 1 atom stereocenters. The molecule has 2 aliphatic heterocycles. The predicted octanol–water partition coefficient (Wildman–Crippen LogP) is 4.38. The third kappa shape index (κ3) is 5.56. The van der Waals surface area contributed by atoms with Gasteiger partial charge in [0.2, 0.25) is 5.91 Å². The van der Waals surface area contributed by atoms with Crippen molar-refractivity contribution in [3.63, 3.8) is 0 Å². The van der Waals surface area contributed by atoms with Gasteiger partial charge in [-0.1, -0.05) is 42.4 Å². The summed E-state index contributed by atoms with van der Waals surface area (Å²) in [6.45, 7) is 7.76. The minimum Gasteiger partial charge on any atom is -0.462 e. The van der Waals surface area contributed by atoms with Crippen molar-refractivity contribution >= 4 is 39.8 Å². The number of benzene rings is 2. The zero-order valence-electron chi connectivity index (χ0n) is 22.1. The number of carbonyl (C=O) groups is 1. The number of anilines is 2. The number of hydrogen-bond donors (Lipinski definition) is 1. The van der Waals surface area contributed by atoms with Gasteiger partial charge in [-0.15, -0.1) is 0 Å². The second kappa shape index (κ2) is 11.6. The standard InChI is InChI=1S/C29H35ClN6O2/c1-4-26(37)35(3)17-14-31-28-22-13-16-36(25-12-6-9-20-8-5-11-23(30)27(20)25)18-24(22)32-29(33-28)38-19-21-10-7-15-34(21)2/h4-6,8-9,11-12,21H,1,7,10,13-19H2,2-3H3,(H,31,32,33)/t21-/m0/s1. The quantitative estimate of drug-likeness (QED) is 0.408. The number of likely N-dealkylation sites (tertiary alicyclic amines) is 1. The first-order valence-electron chi connectivity index (χ1n) is 13.2. The summed E-state index contributed by atoms with van der Waals surface area (Å²) in [6.07, 6.45) is 4.41. The third-order valence-corrected chi connectivity index (χ3v) is 7.90. The van der Waals surface area contributed by atoms with Crippen LogP contribution < -0.4 is 15.0 Å². The average molecular weight is 535 g/mol. The van der Waals surface area contributed by atoms with Crippen LogP contribution >= 0.6 is 11.6 Å². The summed E-state index contributed by atoms with van der Waals surface area (Å²) in [6, 6.07) is 13.1. The third-order valence-electron chi connectivity index (χ3n) is 7.58. The van der Waals surface area contributed by atoms with Crippen molar-refractivity contribution in [1.29, 1.82) is 0 Å². The van der Waals surface area contributed by atoms with Crippen LogP contribution in [0, 0.1) is 0 Å². The van der Waals surface area contributed by atoms with Crippen LogP contribution in [0.1, 0.15) is 24.1 Å². The Hall–Kier alpha value is -3.36. The van der Waals surface area contributed by atoms with Gasteiger partial charge >= 0.3 is 6.01 Å². The molecule has 0 bridgehead atoms. The number of ether oxygens (including phenoxy) is 1. The van der Waals surface area contributed by atoms with E-state index in [0.717, 1.165) is 64.5 Å². The number of rotatable bonds is 9. The highest BCUT2D eigenvalue weighted by Gasteiger charge is 2.26. The van der Waals surface area contributed by atoms with Crippen molar-refractivity contribution in [3.8, 4) is 6.01 Å². The highest BCUT2D eigenvalue weighted by atomic mass is 35.5. The molecule has 9 heteroatoms. The number of nitrogens with zero attached hydrogens (tertiary/aromatic N) is 5. The summed E-state index contributed by atoms with van der Waals surface area (Å²) < 4.78 is 6.16. The smallest absolute Gasteiger partial charge is 0.318 e. The molecule has 5 rings (SSSR count). The molecule has 8 nitrogen and oxygen atoms in total. The van der Waals surface area contributed by atoms with Gasteiger partial charge < -0.3 is 24.8 Å². The van der Waals surface area contributed by atoms with Gasteiger partial charge in [-0.05, 0) is 56.4 Å². The molecule has 3 heterocycles. The van der Waals surface area contributed by atoms with Crippen molar-refractivity contribution in [3.05, 3.63) is 65.3 Å². The molecule has 1 aromatic heterocycles. The minimum absolute atomic E-state index is 0.106. The van der Waals surface area contributed by atoms with Gasteiger partial charge in [-0.25, -0.2) is 0 Å². The molecule has 38 heavy (non-hydrogen) atoms. The van der Waals surface area contributed by atoms with Gasteiger partial charge in [0.25, 0.3) is 0 Å². The maximum absolute atomic E-state index is 11.9. The molecule has 3 aromatic rings. The average Bonchev–Trinajstić information content (AvgIpc) is 3.35.